The summed E-state index contributed by atoms with van der Waals surface area (Å²) in [6.07, 6.45) is 2.11. The molecule has 0 saturated carbocycles. The van der Waals surface area contributed by atoms with Crippen molar-refractivity contribution in [3.63, 3.8) is 0 Å². The van der Waals surface area contributed by atoms with Crippen molar-refractivity contribution in [2.45, 2.75) is 38.5 Å². The van der Waals surface area contributed by atoms with Crippen LogP contribution in [0.25, 0.3) is 0 Å². The van der Waals surface area contributed by atoms with Gasteiger partial charge in [0.05, 0.1) is 4.90 Å². The maximum absolute atomic E-state index is 12.8. The molecule has 5 heteroatoms. The number of nitrogens with zero attached hydrogens (tertiary/aromatic N) is 1. The molecular formula is C16H26N2O2S. The zero-order valence-corrected chi connectivity index (χ0v) is 14.0. The van der Waals surface area contributed by atoms with E-state index in [9.17, 15) is 8.42 Å². The average molecular weight is 310 g/mol. The van der Waals surface area contributed by atoms with E-state index in [1.54, 1.807) is 16.4 Å². The fraction of sp³-hybridized carbons (Fsp3) is 0.625. The minimum absolute atomic E-state index is 0.418. The van der Waals surface area contributed by atoms with Crippen LogP contribution in [0.5, 0.6) is 0 Å². The Morgan fingerprint density at radius 2 is 1.86 bits per heavy atom. The van der Waals surface area contributed by atoms with E-state index in [2.05, 4.69) is 5.32 Å². The summed E-state index contributed by atoms with van der Waals surface area (Å²) in [5.74, 6) is 0.465. The van der Waals surface area contributed by atoms with Gasteiger partial charge in [-0.1, -0.05) is 13.0 Å². The standard InChI is InChI=1S/C16H26N2O2S/c1-4-18(12-15-7-9-17-10-8-15)21(19,20)16-6-5-13(2)14(3)11-16/h5-6,11,15,17H,4,7-10,12H2,1-3H3. The molecule has 1 fully saturated rings. The van der Waals surface area contributed by atoms with Gasteiger partial charge in [0, 0.05) is 13.1 Å². The van der Waals surface area contributed by atoms with Crippen molar-refractivity contribution in [2.24, 2.45) is 5.92 Å². The fourth-order valence-corrected chi connectivity index (χ4v) is 4.38. The van der Waals surface area contributed by atoms with Crippen LogP contribution in [0.2, 0.25) is 0 Å². The highest BCUT2D eigenvalue weighted by Crippen LogP contribution is 2.22. The Morgan fingerprint density at radius 1 is 1.19 bits per heavy atom. The third-order valence-corrected chi connectivity index (χ3v) is 6.33. The molecule has 0 aliphatic carbocycles. The number of sulfonamides is 1. The van der Waals surface area contributed by atoms with Gasteiger partial charge < -0.3 is 5.32 Å². The van der Waals surface area contributed by atoms with Gasteiger partial charge in [-0.15, -0.1) is 0 Å². The van der Waals surface area contributed by atoms with Crippen molar-refractivity contribution in [1.29, 1.82) is 0 Å². The van der Waals surface area contributed by atoms with Crippen LogP contribution in [0, 0.1) is 19.8 Å². The molecule has 1 saturated heterocycles. The normalized spacial score (nSPS) is 17.3. The summed E-state index contributed by atoms with van der Waals surface area (Å²) in [4.78, 5) is 0.418. The highest BCUT2D eigenvalue weighted by molar-refractivity contribution is 7.89. The van der Waals surface area contributed by atoms with Crippen molar-refractivity contribution >= 4 is 10.0 Å². The molecular weight excluding hydrogens is 284 g/mol. The van der Waals surface area contributed by atoms with Gasteiger partial charge in [0.15, 0.2) is 0 Å². The minimum atomic E-state index is -3.38. The Labute approximate surface area is 128 Å². The Hall–Kier alpha value is -0.910. The molecule has 0 bridgehead atoms. The van der Waals surface area contributed by atoms with Crippen LogP contribution in [-0.4, -0.2) is 38.9 Å². The quantitative estimate of drug-likeness (QED) is 0.908. The Balaban J connectivity index is 2.19. The summed E-state index contributed by atoms with van der Waals surface area (Å²) in [5.41, 5.74) is 2.14. The van der Waals surface area contributed by atoms with Crippen molar-refractivity contribution in [1.82, 2.24) is 9.62 Å². The predicted molar refractivity (Wildman–Crippen MR) is 85.9 cm³/mol. The highest BCUT2D eigenvalue weighted by Gasteiger charge is 2.26. The summed E-state index contributed by atoms with van der Waals surface area (Å²) in [5, 5.41) is 3.32. The zero-order valence-electron chi connectivity index (χ0n) is 13.2. The molecule has 0 amide bonds. The van der Waals surface area contributed by atoms with E-state index in [1.165, 1.54) is 0 Å². The first kappa shape index (κ1) is 16.5. The van der Waals surface area contributed by atoms with Gasteiger partial charge in [0.2, 0.25) is 10.0 Å². The largest absolute Gasteiger partial charge is 0.317 e. The molecule has 21 heavy (non-hydrogen) atoms. The summed E-state index contributed by atoms with van der Waals surface area (Å²) in [6, 6.07) is 5.40. The first-order valence-electron chi connectivity index (χ1n) is 7.73. The van der Waals surface area contributed by atoms with Gasteiger partial charge in [0.1, 0.15) is 0 Å². The van der Waals surface area contributed by atoms with Crippen LogP contribution in [0.3, 0.4) is 0 Å². The molecule has 1 N–H and O–H groups in total. The van der Waals surface area contributed by atoms with E-state index in [4.69, 9.17) is 0 Å². The predicted octanol–water partition coefficient (Wildman–Crippen LogP) is 2.31. The number of rotatable bonds is 5. The van der Waals surface area contributed by atoms with E-state index in [0.29, 0.717) is 23.9 Å². The summed E-state index contributed by atoms with van der Waals surface area (Å²) < 4.78 is 27.3. The summed E-state index contributed by atoms with van der Waals surface area (Å²) in [7, 11) is -3.38. The van der Waals surface area contributed by atoms with E-state index >= 15 is 0 Å². The maximum atomic E-state index is 12.8. The van der Waals surface area contributed by atoms with E-state index in [1.807, 2.05) is 26.8 Å². The Kier molecular flexibility index (Phi) is 5.41. The summed E-state index contributed by atoms with van der Waals surface area (Å²) in [6.45, 7) is 9.01. The molecule has 0 spiro atoms. The van der Waals surface area contributed by atoms with Crippen molar-refractivity contribution in [3.8, 4) is 0 Å². The lowest BCUT2D eigenvalue weighted by Gasteiger charge is -2.29. The van der Waals surface area contributed by atoms with Crippen LogP contribution >= 0.6 is 0 Å². The summed E-state index contributed by atoms with van der Waals surface area (Å²) >= 11 is 0. The average Bonchev–Trinajstić information content (AvgIpc) is 2.48. The fourth-order valence-electron chi connectivity index (χ4n) is 2.77. The molecule has 0 unspecified atom stereocenters. The Morgan fingerprint density at radius 3 is 2.43 bits per heavy atom. The monoisotopic (exact) mass is 310 g/mol. The maximum Gasteiger partial charge on any atom is 0.243 e. The second-order valence-electron chi connectivity index (χ2n) is 5.90. The van der Waals surface area contributed by atoms with Crippen molar-refractivity contribution in [3.05, 3.63) is 29.3 Å². The zero-order chi connectivity index (χ0) is 15.5. The van der Waals surface area contributed by atoms with E-state index in [-0.39, 0.29) is 0 Å². The van der Waals surface area contributed by atoms with Gasteiger partial charge >= 0.3 is 0 Å². The molecule has 1 aliphatic rings. The number of piperidine rings is 1. The number of hydrogen-bond donors (Lipinski definition) is 1. The molecule has 2 rings (SSSR count). The van der Waals surface area contributed by atoms with Gasteiger partial charge in [-0.3, -0.25) is 0 Å². The minimum Gasteiger partial charge on any atom is -0.317 e. The number of aryl methyl sites for hydroxylation is 2. The first-order valence-corrected chi connectivity index (χ1v) is 9.17. The van der Waals surface area contributed by atoms with E-state index in [0.717, 1.165) is 37.1 Å². The third-order valence-electron chi connectivity index (χ3n) is 4.39. The number of hydrogen-bond acceptors (Lipinski definition) is 3. The van der Waals surface area contributed by atoms with Crippen LogP contribution in [0.4, 0.5) is 0 Å². The molecule has 0 radical (unpaired) electrons. The lowest BCUT2D eigenvalue weighted by atomic mass is 9.98. The number of benzene rings is 1. The van der Waals surface area contributed by atoms with Crippen LogP contribution < -0.4 is 5.32 Å². The number of nitrogens with one attached hydrogen (secondary N) is 1. The van der Waals surface area contributed by atoms with Gasteiger partial charge in [-0.05, 0) is 69.0 Å². The third kappa shape index (κ3) is 3.84. The Bertz CT molecular complexity index is 578. The highest BCUT2D eigenvalue weighted by atomic mass is 32.2. The van der Waals surface area contributed by atoms with Gasteiger partial charge in [0.25, 0.3) is 0 Å². The molecule has 0 atom stereocenters. The molecule has 1 aliphatic heterocycles. The smallest absolute Gasteiger partial charge is 0.243 e. The lowest BCUT2D eigenvalue weighted by Crippen LogP contribution is -2.39. The first-order chi connectivity index (χ1) is 9.95. The second-order valence-corrected chi connectivity index (χ2v) is 7.83. The molecule has 1 aromatic carbocycles. The molecule has 1 aromatic rings. The van der Waals surface area contributed by atoms with Crippen LogP contribution in [0.15, 0.2) is 23.1 Å². The van der Waals surface area contributed by atoms with Crippen molar-refractivity contribution < 1.29 is 8.42 Å². The topological polar surface area (TPSA) is 49.4 Å². The molecule has 4 nitrogen and oxygen atoms in total. The lowest BCUT2D eigenvalue weighted by molar-refractivity contribution is 0.294. The van der Waals surface area contributed by atoms with Gasteiger partial charge in [-0.25, -0.2) is 8.42 Å². The van der Waals surface area contributed by atoms with Crippen molar-refractivity contribution in [2.75, 3.05) is 26.2 Å². The molecule has 1 heterocycles. The van der Waals surface area contributed by atoms with Crippen LogP contribution in [-0.2, 0) is 10.0 Å². The second kappa shape index (κ2) is 6.90. The van der Waals surface area contributed by atoms with Gasteiger partial charge in [-0.2, -0.15) is 4.31 Å². The molecule has 0 aromatic heterocycles. The van der Waals surface area contributed by atoms with Crippen LogP contribution in [0.1, 0.15) is 30.9 Å². The molecule has 118 valence electrons. The van der Waals surface area contributed by atoms with E-state index < -0.39 is 10.0 Å². The SMILES string of the molecule is CCN(CC1CCNCC1)S(=O)(=O)c1ccc(C)c(C)c1.